The van der Waals surface area contributed by atoms with Gasteiger partial charge in [0.05, 0.1) is 5.69 Å². The molecule has 0 heterocycles. The highest BCUT2D eigenvalue weighted by atomic mass is 14.7. The van der Waals surface area contributed by atoms with Crippen molar-refractivity contribution < 1.29 is 0 Å². The van der Waals surface area contributed by atoms with E-state index in [-0.39, 0.29) is 0 Å². The van der Waals surface area contributed by atoms with Crippen LogP contribution in [0.3, 0.4) is 0 Å². The van der Waals surface area contributed by atoms with Gasteiger partial charge in [0.1, 0.15) is 0 Å². The Hall–Kier alpha value is -1.11. The molecule has 0 fully saturated rings. The Bertz CT molecular complexity index is 287. The number of nitrogens with zero attached hydrogens (tertiary/aromatic N) is 1. The van der Waals surface area contributed by atoms with Gasteiger partial charge >= 0.3 is 0 Å². The van der Waals surface area contributed by atoms with E-state index in [9.17, 15) is 0 Å². The lowest BCUT2D eigenvalue weighted by molar-refractivity contribution is 1.28. The van der Waals surface area contributed by atoms with Gasteiger partial charge < -0.3 is 0 Å². The summed E-state index contributed by atoms with van der Waals surface area (Å²) in [6, 6.07) is 4.21. The van der Waals surface area contributed by atoms with Gasteiger partial charge in [-0.25, -0.2) is 0 Å². The van der Waals surface area contributed by atoms with Crippen LogP contribution in [-0.4, -0.2) is 6.72 Å². The number of hydrogen-bond donors (Lipinski definition) is 0. The van der Waals surface area contributed by atoms with Gasteiger partial charge in [-0.1, -0.05) is 6.07 Å². The molecule has 0 aliphatic rings. The van der Waals surface area contributed by atoms with Crippen molar-refractivity contribution in [2.45, 2.75) is 20.8 Å². The van der Waals surface area contributed by atoms with Crippen molar-refractivity contribution in [2.75, 3.05) is 0 Å². The van der Waals surface area contributed by atoms with Crippen molar-refractivity contribution in [1.29, 1.82) is 0 Å². The van der Waals surface area contributed by atoms with E-state index in [0.29, 0.717) is 0 Å². The van der Waals surface area contributed by atoms with E-state index in [4.69, 9.17) is 0 Å². The third-order valence-corrected chi connectivity index (χ3v) is 1.95. The molecule has 0 radical (unpaired) electrons. The van der Waals surface area contributed by atoms with Gasteiger partial charge in [-0.05, 0) is 50.2 Å². The Morgan fingerprint density at radius 2 is 1.82 bits per heavy atom. The quantitative estimate of drug-likeness (QED) is 0.541. The fourth-order valence-corrected chi connectivity index (χ4v) is 1.18. The summed E-state index contributed by atoms with van der Waals surface area (Å²) in [7, 11) is 0. The second kappa shape index (κ2) is 2.87. The molecule has 0 atom stereocenters. The SMILES string of the molecule is C=Nc1cc(C)cc(C)c1C. The summed E-state index contributed by atoms with van der Waals surface area (Å²) in [6.45, 7) is 9.76. The van der Waals surface area contributed by atoms with Crippen molar-refractivity contribution in [3.05, 3.63) is 28.8 Å². The Balaban J connectivity index is 3.35. The normalized spacial score (nSPS) is 9.73. The Morgan fingerprint density at radius 3 is 2.36 bits per heavy atom. The first kappa shape index (κ1) is 7.99. The summed E-state index contributed by atoms with van der Waals surface area (Å²) in [5.41, 5.74) is 4.76. The zero-order valence-corrected chi connectivity index (χ0v) is 7.31. The molecule has 0 saturated heterocycles. The summed E-state index contributed by atoms with van der Waals surface area (Å²) in [4.78, 5) is 3.94. The summed E-state index contributed by atoms with van der Waals surface area (Å²) in [5.74, 6) is 0. The van der Waals surface area contributed by atoms with Gasteiger partial charge in [0.25, 0.3) is 0 Å². The smallest absolute Gasteiger partial charge is 0.0656 e. The average Bonchev–Trinajstić information content (AvgIpc) is 1.96. The molecule has 1 heteroatoms. The molecule has 0 aliphatic carbocycles. The lowest BCUT2D eigenvalue weighted by atomic mass is 10.1. The Kier molecular flexibility index (Phi) is 2.08. The molecule has 0 aromatic heterocycles. The van der Waals surface area contributed by atoms with Crippen LogP contribution in [0.25, 0.3) is 0 Å². The third-order valence-electron chi connectivity index (χ3n) is 1.95. The van der Waals surface area contributed by atoms with Crippen LogP contribution in [0.5, 0.6) is 0 Å². The Labute approximate surface area is 67.8 Å². The van der Waals surface area contributed by atoms with Crippen molar-refractivity contribution in [3.63, 3.8) is 0 Å². The van der Waals surface area contributed by atoms with Gasteiger partial charge in [-0.15, -0.1) is 0 Å². The highest BCUT2D eigenvalue weighted by molar-refractivity contribution is 5.55. The average molecular weight is 147 g/mol. The van der Waals surface area contributed by atoms with Crippen LogP contribution in [0.1, 0.15) is 16.7 Å². The predicted molar refractivity (Wildman–Crippen MR) is 49.9 cm³/mol. The van der Waals surface area contributed by atoms with E-state index in [2.05, 4.69) is 44.6 Å². The van der Waals surface area contributed by atoms with Crippen molar-refractivity contribution in [3.8, 4) is 0 Å². The minimum Gasteiger partial charge on any atom is -0.264 e. The van der Waals surface area contributed by atoms with E-state index in [1.165, 1.54) is 16.7 Å². The number of rotatable bonds is 1. The second-order valence-electron chi connectivity index (χ2n) is 2.88. The zero-order valence-electron chi connectivity index (χ0n) is 7.31. The molecule has 1 aromatic rings. The van der Waals surface area contributed by atoms with Crippen LogP contribution in [0, 0.1) is 20.8 Å². The summed E-state index contributed by atoms with van der Waals surface area (Å²) >= 11 is 0. The van der Waals surface area contributed by atoms with Crippen LogP contribution in [-0.2, 0) is 0 Å². The largest absolute Gasteiger partial charge is 0.264 e. The molecule has 0 unspecified atom stereocenters. The summed E-state index contributed by atoms with van der Waals surface area (Å²) in [6.07, 6.45) is 0. The molecule has 11 heavy (non-hydrogen) atoms. The maximum atomic E-state index is 3.94. The van der Waals surface area contributed by atoms with Gasteiger partial charge in [0.15, 0.2) is 0 Å². The predicted octanol–water partition coefficient (Wildman–Crippen LogP) is 2.94. The monoisotopic (exact) mass is 147 g/mol. The van der Waals surface area contributed by atoms with Crippen LogP contribution in [0.2, 0.25) is 0 Å². The fraction of sp³-hybridized carbons (Fsp3) is 0.300. The first-order valence-corrected chi connectivity index (χ1v) is 3.69. The highest BCUT2D eigenvalue weighted by Crippen LogP contribution is 2.22. The molecule has 0 spiro atoms. The van der Waals surface area contributed by atoms with Crippen LogP contribution in [0.4, 0.5) is 5.69 Å². The second-order valence-corrected chi connectivity index (χ2v) is 2.88. The minimum absolute atomic E-state index is 1.00. The molecule has 0 saturated carbocycles. The van der Waals surface area contributed by atoms with Crippen molar-refractivity contribution in [2.24, 2.45) is 4.99 Å². The standard InChI is InChI=1S/C10H13N/c1-7-5-8(2)9(3)10(6-7)11-4/h5-6H,4H2,1-3H3. The van der Waals surface area contributed by atoms with Crippen LogP contribution >= 0.6 is 0 Å². The number of aryl methyl sites for hydroxylation is 2. The molecule has 1 aromatic carbocycles. The molecule has 58 valence electrons. The van der Waals surface area contributed by atoms with E-state index in [1.807, 2.05) is 0 Å². The fourth-order valence-electron chi connectivity index (χ4n) is 1.18. The van der Waals surface area contributed by atoms with Gasteiger partial charge in [0, 0.05) is 0 Å². The number of hydrogen-bond acceptors (Lipinski definition) is 1. The van der Waals surface area contributed by atoms with Crippen LogP contribution in [0.15, 0.2) is 17.1 Å². The maximum Gasteiger partial charge on any atom is 0.0656 e. The van der Waals surface area contributed by atoms with Crippen LogP contribution < -0.4 is 0 Å². The number of benzene rings is 1. The lowest BCUT2D eigenvalue weighted by Gasteiger charge is -2.04. The summed E-state index contributed by atoms with van der Waals surface area (Å²) in [5, 5.41) is 0. The molecule has 0 bridgehead atoms. The number of aliphatic imine (C=N–C) groups is 1. The van der Waals surface area contributed by atoms with Crippen molar-refractivity contribution >= 4 is 12.4 Å². The minimum atomic E-state index is 1.00. The molecule has 0 N–H and O–H groups in total. The molecule has 1 nitrogen and oxygen atoms in total. The maximum absolute atomic E-state index is 3.94. The van der Waals surface area contributed by atoms with Gasteiger partial charge in [-0.2, -0.15) is 0 Å². The molecule has 0 aliphatic heterocycles. The summed E-state index contributed by atoms with van der Waals surface area (Å²) < 4.78 is 0. The third kappa shape index (κ3) is 1.48. The molecular weight excluding hydrogens is 134 g/mol. The van der Waals surface area contributed by atoms with E-state index < -0.39 is 0 Å². The Morgan fingerprint density at radius 1 is 1.18 bits per heavy atom. The van der Waals surface area contributed by atoms with E-state index in [1.54, 1.807) is 0 Å². The zero-order chi connectivity index (χ0) is 8.43. The lowest BCUT2D eigenvalue weighted by Crippen LogP contribution is -1.83. The van der Waals surface area contributed by atoms with E-state index >= 15 is 0 Å². The first-order valence-electron chi connectivity index (χ1n) is 3.69. The highest BCUT2D eigenvalue weighted by Gasteiger charge is 1.98. The van der Waals surface area contributed by atoms with Crippen molar-refractivity contribution in [1.82, 2.24) is 0 Å². The van der Waals surface area contributed by atoms with Gasteiger partial charge in [0.2, 0.25) is 0 Å². The molecule has 1 rings (SSSR count). The molecular formula is C10H13N. The van der Waals surface area contributed by atoms with Gasteiger partial charge in [-0.3, -0.25) is 4.99 Å². The topological polar surface area (TPSA) is 12.4 Å². The molecule has 0 amide bonds. The van der Waals surface area contributed by atoms with E-state index in [0.717, 1.165) is 5.69 Å². The first-order chi connectivity index (χ1) is 5.15.